The van der Waals surface area contributed by atoms with Crippen LogP contribution in [0.1, 0.15) is 4.88 Å². The van der Waals surface area contributed by atoms with E-state index < -0.39 is 0 Å². The lowest BCUT2D eigenvalue weighted by molar-refractivity contribution is -0.111. The van der Waals surface area contributed by atoms with Gasteiger partial charge in [0.2, 0.25) is 5.91 Å². The molecule has 1 N–H and O–H groups in total. The van der Waals surface area contributed by atoms with Gasteiger partial charge in [-0.1, -0.05) is 6.07 Å². The molecule has 0 fully saturated rings. The molecule has 0 spiro atoms. The molecule has 4 nitrogen and oxygen atoms in total. The molecule has 94 valence electrons. The highest BCUT2D eigenvalue weighted by atomic mass is 32.1. The van der Waals surface area contributed by atoms with Crippen molar-refractivity contribution in [2.24, 2.45) is 0 Å². The number of amides is 1. The second-order valence-corrected chi connectivity index (χ2v) is 4.93. The van der Waals surface area contributed by atoms with Gasteiger partial charge in [-0.25, -0.2) is 4.52 Å². The van der Waals surface area contributed by atoms with E-state index in [1.54, 1.807) is 28.1 Å². The predicted molar refractivity (Wildman–Crippen MR) is 77.2 cm³/mol. The molecule has 3 aromatic rings. The molecule has 0 bridgehead atoms. The summed E-state index contributed by atoms with van der Waals surface area (Å²) in [6.07, 6.45) is 6.87. The topological polar surface area (TPSA) is 46.4 Å². The maximum absolute atomic E-state index is 11.8. The molecule has 3 heterocycles. The van der Waals surface area contributed by atoms with E-state index in [0.717, 1.165) is 16.1 Å². The average Bonchev–Trinajstić information content (AvgIpc) is 3.07. The number of pyridine rings is 1. The molecule has 0 aliphatic carbocycles. The summed E-state index contributed by atoms with van der Waals surface area (Å²) in [6.45, 7) is 0. The lowest BCUT2D eigenvalue weighted by Gasteiger charge is -2.02. The summed E-state index contributed by atoms with van der Waals surface area (Å²) in [5.74, 6) is -0.141. The number of thiophene rings is 1. The van der Waals surface area contributed by atoms with Gasteiger partial charge in [0.15, 0.2) is 0 Å². The van der Waals surface area contributed by atoms with Gasteiger partial charge in [-0.05, 0) is 35.7 Å². The molecule has 5 heteroatoms. The lowest BCUT2D eigenvalue weighted by Crippen LogP contribution is -2.07. The number of nitrogens with zero attached hydrogens (tertiary/aromatic N) is 2. The maximum atomic E-state index is 11.8. The quantitative estimate of drug-likeness (QED) is 0.743. The van der Waals surface area contributed by atoms with Gasteiger partial charge in [-0.2, -0.15) is 5.10 Å². The second-order valence-electron chi connectivity index (χ2n) is 3.95. The number of carbonyl (C=O) groups excluding carboxylic acids is 1. The van der Waals surface area contributed by atoms with Crippen LogP contribution in [0.5, 0.6) is 0 Å². The Hall–Kier alpha value is -2.40. The normalized spacial score (nSPS) is 11.2. The minimum atomic E-state index is -0.141. The standard InChI is InChI=1S/C14H11N3OS/c18-14(4-3-13-2-1-9-19-13)16-11-6-8-17-12(10-11)5-7-15-17/h1-10H,(H,16,18)/b4-3+. The molecule has 0 unspecified atom stereocenters. The van der Waals surface area contributed by atoms with E-state index in [1.165, 1.54) is 6.08 Å². The van der Waals surface area contributed by atoms with E-state index in [2.05, 4.69) is 10.4 Å². The Morgan fingerprint density at radius 3 is 3.16 bits per heavy atom. The molecule has 3 aromatic heterocycles. The van der Waals surface area contributed by atoms with E-state index in [1.807, 2.05) is 41.9 Å². The zero-order chi connectivity index (χ0) is 13.1. The van der Waals surface area contributed by atoms with E-state index in [0.29, 0.717) is 0 Å². The van der Waals surface area contributed by atoms with Crippen molar-refractivity contribution in [3.63, 3.8) is 0 Å². The fraction of sp³-hybridized carbons (Fsp3) is 0. The van der Waals surface area contributed by atoms with Gasteiger partial charge < -0.3 is 5.32 Å². The zero-order valence-electron chi connectivity index (χ0n) is 9.98. The highest BCUT2D eigenvalue weighted by molar-refractivity contribution is 7.10. The Kier molecular flexibility index (Phi) is 3.12. The summed E-state index contributed by atoms with van der Waals surface area (Å²) in [4.78, 5) is 12.8. The van der Waals surface area contributed by atoms with Gasteiger partial charge >= 0.3 is 0 Å². The van der Waals surface area contributed by atoms with Crippen molar-refractivity contribution in [1.82, 2.24) is 9.61 Å². The Morgan fingerprint density at radius 2 is 2.32 bits per heavy atom. The maximum Gasteiger partial charge on any atom is 0.248 e. The van der Waals surface area contributed by atoms with E-state index in [4.69, 9.17) is 0 Å². The van der Waals surface area contributed by atoms with Crippen LogP contribution in [0.3, 0.4) is 0 Å². The third kappa shape index (κ3) is 2.71. The number of rotatable bonds is 3. The fourth-order valence-electron chi connectivity index (χ4n) is 1.73. The Morgan fingerprint density at radius 1 is 1.37 bits per heavy atom. The van der Waals surface area contributed by atoms with Crippen molar-refractivity contribution in [2.45, 2.75) is 0 Å². The molecule has 0 atom stereocenters. The number of hydrogen-bond acceptors (Lipinski definition) is 3. The van der Waals surface area contributed by atoms with Crippen LogP contribution in [0.2, 0.25) is 0 Å². The van der Waals surface area contributed by atoms with E-state index in [9.17, 15) is 4.79 Å². The largest absolute Gasteiger partial charge is 0.322 e. The third-order valence-electron chi connectivity index (χ3n) is 2.61. The van der Waals surface area contributed by atoms with Gasteiger partial charge in [0.05, 0.1) is 5.52 Å². The molecule has 1 amide bonds. The van der Waals surface area contributed by atoms with Crippen LogP contribution in [0, 0.1) is 0 Å². The van der Waals surface area contributed by atoms with Gasteiger partial charge in [0.25, 0.3) is 0 Å². The van der Waals surface area contributed by atoms with Crippen LogP contribution >= 0.6 is 11.3 Å². The SMILES string of the molecule is O=C(/C=C/c1cccs1)Nc1ccn2nccc2c1. The molecule has 0 saturated carbocycles. The number of carbonyl (C=O) groups is 1. The van der Waals surface area contributed by atoms with Crippen molar-refractivity contribution in [2.75, 3.05) is 5.32 Å². The predicted octanol–water partition coefficient (Wildman–Crippen LogP) is 3.05. The van der Waals surface area contributed by atoms with Crippen molar-refractivity contribution < 1.29 is 4.79 Å². The first-order valence-electron chi connectivity index (χ1n) is 5.77. The summed E-state index contributed by atoms with van der Waals surface area (Å²) < 4.78 is 1.75. The van der Waals surface area contributed by atoms with Crippen LogP contribution < -0.4 is 5.32 Å². The van der Waals surface area contributed by atoms with Crippen LogP contribution in [0.4, 0.5) is 5.69 Å². The molecule has 0 radical (unpaired) electrons. The van der Waals surface area contributed by atoms with Crippen molar-refractivity contribution in [3.05, 3.63) is 59.1 Å². The number of nitrogens with one attached hydrogen (secondary N) is 1. The van der Waals surface area contributed by atoms with Crippen LogP contribution in [-0.4, -0.2) is 15.5 Å². The van der Waals surface area contributed by atoms with Crippen molar-refractivity contribution in [1.29, 1.82) is 0 Å². The average molecular weight is 269 g/mol. The van der Waals surface area contributed by atoms with Gasteiger partial charge in [-0.3, -0.25) is 4.79 Å². The monoisotopic (exact) mass is 269 g/mol. The number of hydrogen-bond donors (Lipinski definition) is 1. The van der Waals surface area contributed by atoms with Gasteiger partial charge in [0.1, 0.15) is 0 Å². The summed E-state index contributed by atoms with van der Waals surface area (Å²) in [7, 11) is 0. The van der Waals surface area contributed by atoms with E-state index >= 15 is 0 Å². The molecule has 0 aromatic carbocycles. The lowest BCUT2D eigenvalue weighted by atomic mass is 10.3. The molecule has 19 heavy (non-hydrogen) atoms. The smallest absolute Gasteiger partial charge is 0.248 e. The van der Waals surface area contributed by atoms with Gasteiger partial charge in [-0.15, -0.1) is 11.3 Å². The summed E-state index contributed by atoms with van der Waals surface area (Å²) in [5, 5.41) is 8.90. The molecule has 0 aliphatic heterocycles. The highest BCUT2D eigenvalue weighted by Gasteiger charge is 2.00. The number of anilines is 1. The third-order valence-corrected chi connectivity index (χ3v) is 3.45. The molecule has 0 saturated heterocycles. The number of fused-ring (bicyclic) bond motifs is 1. The van der Waals surface area contributed by atoms with Crippen LogP contribution in [0.15, 0.2) is 54.2 Å². The molecular formula is C14H11N3OS. The highest BCUT2D eigenvalue weighted by Crippen LogP contribution is 2.13. The zero-order valence-corrected chi connectivity index (χ0v) is 10.8. The molecule has 3 rings (SSSR count). The Balaban J connectivity index is 1.71. The summed E-state index contributed by atoms with van der Waals surface area (Å²) >= 11 is 1.60. The fourth-order valence-corrected chi connectivity index (χ4v) is 2.35. The minimum absolute atomic E-state index is 0.141. The van der Waals surface area contributed by atoms with Crippen molar-refractivity contribution >= 4 is 34.5 Å². The van der Waals surface area contributed by atoms with Crippen molar-refractivity contribution in [3.8, 4) is 0 Å². The molecular weight excluding hydrogens is 258 g/mol. The van der Waals surface area contributed by atoms with Crippen LogP contribution in [0.25, 0.3) is 11.6 Å². The van der Waals surface area contributed by atoms with Crippen LogP contribution in [-0.2, 0) is 4.79 Å². The first kappa shape index (κ1) is 11.7. The number of aromatic nitrogens is 2. The second kappa shape index (κ2) is 5.07. The summed E-state index contributed by atoms with van der Waals surface area (Å²) in [6, 6.07) is 9.50. The minimum Gasteiger partial charge on any atom is -0.322 e. The first-order chi connectivity index (χ1) is 9.31. The van der Waals surface area contributed by atoms with E-state index in [-0.39, 0.29) is 5.91 Å². The Bertz CT molecular complexity index is 728. The first-order valence-corrected chi connectivity index (χ1v) is 6.65. The summed E-state index contributed by atoms with van der Waals surface area (Å²) in [5.41, 5.74) is 1.70. The molecule has 0 aliphatic rings. The Labute approximate surface area is 114 Å². The van der Waals surface area contributed by atoms with Gasteiger partial charge in [0, 0.05) is 29.0 Å².